The molecule has 3 atom stereocenters. The summed E-state index contributed by atoms with van der Waals surface area (Å²) in [6.07, 6.45) is 4.11. The molecule has 0 radical (unpaired) electrons. The van der Waals surface area contributed by atoms with E-state index in [-0.39, 0.29) is 0 Å². The van der Waals surface area contributed by atoms with Crippen LogP contribution in [0.5, 0.6) is 0 Å². The van der Waals surface area contributed by atoms with Crippen LogP contribution in [0.3, 0.4) is 0 Å². The van der Waals surface area contributed by atoms with E-state index in [1.165, 1.54) is 24.8 Å². The number of rotatable bonds is 3. The van der Waals surface area contributed by atoms with E-state index in [1.54, 1.807) is 0 Å². The highest BCUT2D eigenvalue weighted by atomic mass is 14.9. The van der Waals surface area contributed by atoms with Crippen LogP contribution in [-0.2, 0) is 6.54 Å². The number of hydrogen-bond donors (Lipinski definition) is 1. The average molecular weight is 217 g/mol. The Balaban J connectivity index is 1.82. The summed E-state index contributed by atoms with van der Waals surface area (Å²) in [6.45, 7) is 5.78. The van der Waals surface area contributed by atoms with Gasteiger partial charge in [0.05, 0.1) is 0 Å². The lowest BCUT2D eigenvalue weighted by atomic mass is 9.80. The van der Waals surface area contributed by atoms with Crippen molar-refractivity contribution >= 4 is 0 Å². The lowest BCUT2D eigenvalue weighted by molar-refractivity contribution is 0.227. The predicted molar refractivity (Wildman–Crippen MR) is 69.2 cm³/mol. The zero-order chi connectivity index (χ0) is 11.4. The molecule has 1 heteroatoms. The maximum atomic E-state index is 3.71. The third kappa shape index (κ3) is 3.08. The minimum Gasteiger partial charge on any atom is -0.310 e. The largest absolute Gasteiger partial charge is 0.310 e. The van der Waals surface area contributed by atoms with E-state index >= 15 is 0 Å². The van der Waals surface area contributed by atoms with Crippen molar-refractivity contribution in [1.82, 2.24) is 5.32 Å². The third-order valence-electron chi connectivity index (χ3n) is 3.84. The molecule has 0 spiro atoms. The first-order chi connectivity index (χ1) is 7.75. The molecule has 1 aliphatic carbocycles. The summed E-state index contributed by atoms with van der Waals surface area (Å²) in [5.41, 5.74) is 1.40. The SMILES string of the molecule is CC1CCC(NCc2ccccc2)C(C)C1. The van der Waals surface area contributed by atoms with Gasteiger partial charge in [0.2, 0.25) is 0 Å². The highest BCUT2D eigenvalue weighted by Gasteiger charge is 2.24. The van der Waals surface area contributed by atoms with Crippen LogP contribution in [0.2, 0.25) is 0 Å². The van der Waals surface area contributed by atoms with Crippen molar-refractivity contribution in [3.63, 3.8) is 0 Å². The van der Waals surface area contributed by atoms with Crippen molar-refractivity contribution in [3.05, 3.63) is 35.9 Å². The Bertz CT molecular complexity index is 306. The molecule has 1 fully saturated rings. The van der Waals surface area contributed by atoms with Crippen molar-refractivity contribution in [2.45, 2.75) is 45.7 Å². The third-order valence-corrected chi connectivity index (χ3v) is 3.84. The fraction of sp³-hybridized carbons (Fsp3) is 0.600. The van der Waals surface area contributed by atoms with Gasteiger partial charge in [-0.2, -0.15) is 0 Å². The second-order valence-corrected chi connectivity index (χ2v) is 5.37. The van der Waals surface area contributed by atoms with Crippen LogP contribution in [0.1, 0.15) is 38.7 Å². The Labute approximate surface area is 99.3 Å². The second-order valence-electron chi connectivity index (χ2n) is 5.37. The summed E-state index contributed by atoms with van der Waals surface area (Å²) in [5, 5.41) is 3.71. The zero-order valence-electron chi connectivity index (χ0n) is 10.4. The van der Waals surface area contributed by atoms with E-state index in [1.807, 2.05) is 0 Å². The van der Waals surface area contributed by atoms with Gasteiger partial charge in [0.1, 0.15) is 0 Å². The van der Waals surface area contributed by atoms with E-state index in [0.717, 1.165) is 24.4 Å². The number of hydrogen-bond acceptors (Lipinski definition) is 1. The smallest absolute Gasteiger partial charge is 0.0208 e. The molecule has 1 aromatic carbocycles. The van der Waals surface area contributed by atoms with Gasteiger partial charge in [-0.15, -0.1) is 0 Å². The number of nitrogens with one attached hydrogen (secondary N) is 1. The van der Waals surface area contributed by atoms with Crippen LogP contribution >= 0.6 is 0 Å². The quantitative estimate of drug-likeness (QED) is 0.815. The molecule has 0 saturated heterocycles. The highest BCUT2D eigenvalue weighted by molar-refractivity contribution is 5.14. The molecule has 0 bridgehead atoms. The molecule has 1 nitrogen and oxygen atoms in total. The van der Waals surface area contributed by atoms with Crippen LogP contribution in [0.25, 0.3) is 0 Å². The van der Waals surface area contributed by atoms with E-state index in [0.29, 0.717) is 0 Å². The van der Waals surface area contributed by atoms with Gasteiger partial charge >= 0.3 is 0 Å². The molecule has 1 N–H and O–H groups in total. The molecular weight excluding hydrogens is 194 g/mol. The molecule has 88 valence electrons. The minimum atomic E-state index is 0.719. The van der Waals surface area contributed by atoms with E-state index in [2.05, 4.69) is 49.5 Å². The number of benzene rings is 1. The van der Waals surface area contributed by atoms with Gasteiger partial charge in [-0.1, -0.05) is 44.2 Å². The topological polar surface area (TPSA) is 12.0 Å². The van der Waals surface area contributed by atoms with Crippen molar-refractivity contribution in [2.75, 3.05) is 0 Å². The summed E-state index contributed by atoms with van der Waals surface area (Å²) in [5.74, 6) is 1.75. The molecule has 1 aliphatic rings. The van der Waals surface area contributed by atoms with Gasteiger partial charge in [0, 0.05) is 12.6 Å². The maximum Gasteiger partial charge on any atom is 0.0208 e. The van der Waals surface area contributed by atoms with Crippen LogP contribution in [0.4, 0.5) is 0 Å². The molecule has 0 amide bonds. The Morgan fingerprint density at radius 2 is 1.88 bits per heavy atom. The zero-order valence-corrected chi connectivity index (χ0v) is 10.4. The van der Waals surface area contributed by atoms with Crippen LogP contribution in [0.15, 0.2) is 30.3 Å². The molecule has 1 saturated carbocycles. The first kappa shape index (κ1) is 11.7. The molecule has 3 unspecified atom stereocenters. The van der Waals surface area contributed by atoms with Crippen molar-refractivity contribution in [3.8, 4) is 0 Å². The fourth-order valence-corrected chi connectivity index (χ4v) is 2.81. The molecule has 1 aromatic rings. The van der Waals surface area contributed by atoms with Crippen molar-refractivity contribution in [1.29, 1.82) is 0 Å². The minimum absolute atomic E-state index is 0.719. The second kappa shape index (κ2) is 5.49. The monoisotopic (exact) mass is 217 g/mol. The fourth-order valence-electron chi connectivity index (χ4n) is 2.81. The highest BCUT2D eigenvalue weighted by Crippen LogP contribution is 2.28. The summed E-state index contributed by atoms with van der Waals surface area (Å²) in [4.78, 5) is 0. The molecule has 0 aliphatic heterocycles. The first-order valence-electron chi connectivity index (χ1n) is 6.53. The maximum absolute atomic E-state index is 3.71. The summed E-state index contributed by atoms with van der Waals surface area (Å²) < 4.78 is 0. The van der Waals surface area contributed by atoms with Crippen LogP contribution < -0.4 is 5.32 Å². The Morgan fingerprint density at radius 3 is 2.56 bits per heavy atom. The normalized spacial score (nSPS) is 30.2. The van der Waals surface area contributed by atoms with Gasteiger partial charge in [-0.25, -0.2) is 0 Å². The molecule has 0 heterocycles. The Morgan fingerprint density at radius 1 is 1.12 bits per heavy atom. The summed E-state index contributed by atoms with van der Waals surface area (Å²) in [6, 6.07) is 11.4. The van der Waals surface area contributed by atoms with Gasteiger partial charge in [-0.3, -0.25) is 0 Å². The summed E-state index contributed by atoms with van der Waals surface area (Å²) in [7, 11) is 0. The lowest BCUT2D eigenvalue weighted by Crippen LogP contribution is -2.38. The van der Waals surface area contributed by atoms with E-state index in [9.17, 15) is 0 Å². The van der Waals surface area contributed by atoms with Crippen molar-refractivity contribution < 1.29 is 0 Å². The van der Waals surface area contributed by atoms with Gasteiger partial charge in [0.15, 0.2) is 0 Å². The van der Waals surface area contributed by atoms with Crippen LogP contribution in [-0.4, -0.2) is 6.04 Å². The van der Waals surface area contributed by atoms with Crippen molar-refractivity contribution in [2.24, 2.45) is 11.8 Å². The Kier molecular flexibility index (Phi) is 4.00. The molecular formula is C15H23N. The first-order valence-corrected chi connectivity index (χ1v) is 6.53. The molecule has 0 aromatic heterocycles. The molecule has 16 heavy (non-hydrogen) atoms. The van der Waals surface area contributed by atoms with Gasteiger partial charge in [0.25, 0.3) is 0 Å². The van der Waals surface area contributed by atoms with E-state index < -0.39 is 0 Å². The standard InChI is InChI=1S/C15H23N/c1-12-8-9-15(13(2)10-12)16-11-14-6-4-3-5-7-14/h3-7,12-13,15-16H,8-11H2,1-2H3. The van der Waals surface area contributed by atoms with E-state index in [4.69, 9.17) is 0 Å². The Hall–Kier alpha value is -0.820. The molecule has 2 rings (SSSR count). The van der Waals surface area contributed by atoms with Gasteiger partial charge < -0.3 is 5.32 Å². The summed E-state index contributed by atoms with van der Waals surface area (Å²) >= 11 is 0. The average Bonchev–Trinajstić information content (AvgIpc) is 2.29. The van der Waals surface area contributed by atoms with Gasteiger partial charge in [-0.05, 0) is 36.7 Å². The lowest BCUT2D eigenvalue weighted by Gasteiger charge is -2.33. The van der Waals surface area contributed by atoms with Crippen LogP contribution in [0, 0.1) is 11.8 Å². The predicted octanol–water partition coefficient (Wildman–Crippen LogP) is 3.60.